The second-order valence-corrected chi connectivity index (χ2v) is 22.4. The first kappa shape index (κ1) is 73.8. The molecule has 0 aromatic carbocycles. The van der Waals surface area contributed by atoms with E-state index < -0.39 is 6.10 Å². The van der Waals surface area contributed by atoms with Gasteiger partial charge in [-0.2, -0.15) is 0 Å². The fourth-order valence-corrected chi connectivity index (χ4v) is 9.70. The maximum absolute atomic E-state index is 12.9. The molecule has 6 nitrogen and oxygen atoms in total. The quantitative estimate of drug-likeness (QED) is 0.0261. The summed E-state index contributed by atoms with van der Waals surface area (Å²) in [5.41, 5.74) is 0. The van der Waals surface area contributed by atoms with Gasteiger partial charge in [-0.25, -0.2) is 0 Å². The molecule has 0 aliphatic carbocycles. The van der Waals surface area contributed by atoms with Crippen LogP contribution < -0.4 is 0 Å². The molecule has 0 rings (SSSR count). The van der Waals surface area contributed by atoms with E-state index in [-0.39, 0.29) is 31.1 Å². The number of hydrogen-bond donors (Lipinski definition) is 0. The number of hydrogen-bond acceptors (Lipinski definition) is 6. The SMILES string of the molecule is CC/C=C\C/C=C\C/C=C\C/C=C\CCCCCCCCCCCCCCC(=O)OCC(COC(=O)CCCCCCCCCCCCC)OC(=O)CCCCCCCCCCCCC/C=C\C/C=C\CCCCCCC. The average Bonchev–Trinajstić information content (AvgIpc) is 3.43. The second-order valence-electron chi connectivity index (χ2n) is 22.4. The van der Waals surface area contributed by atoms with Crippen molar-refractivity contribution < 1.29 is 28.6 Å². The van der Waals surface area contributed by atoms with Crippen LogP contribution in [0.15, 0.2) is 72.9 Å². The van der Waals surface area contributed by atoms with Gasteiger partial charge in [0.1, 0.15) is 13.2 Å². The van der Waals surface area contributed by atoms with Crippen molar-refractivity contribution in [3.8, 4) is 0 Å². The largest absolute Gasteiger partial charge is 0.462 e. The third kappa shape index (κ3) is 63.6. The highest BCUT2D eigenvalue weighted by Gasteiger charge is 2.19. The monoisotopic (exact) mass is 1070 g/mol. The topological polar surface area (TPSA) is 78.9 Å². The Morgan fingerprint density at radius 2 is 0.506 bits per heavy atom. The van der Waals surface area contributed by atoms with Crippen molar-refractivity contribution in [3.63, 3.8) is 0 Å². The predicted octanol–water partition coefficient (Wildman–Crippen LogP) is 22.9. The first-order valence-electron chi connectivity index (χ1n) is 33.4. The van der Waals surface area contributed by atoms with E-state index in [0.717, 1.165) is 89.9 Å². The van der Waals surface area contributed by atoms with Gasteiger partial charge >= 0.3 is 17.9 Å². The van der Waals surface area contributed by atoms with Crippen molar-refractivity contribution in [1.82, 2.24) is 0 Å². The van der Waals surface area contributed by atoms with Crippen molar-refractivity contribution in [1.29, 1.82) is 0 Å². The standard InChI is InChI=1S/C71H126O6/c1-4-7-10-13-16-19-22-24-26-28-30-32-34-35-37-38-40-42-44-46-49-52-55-58-61-64-70(73)76-67-68(66-75-69(72)63-60-57-54-51-48-21-18-15-12-9-6-3)77-71(74)65-62-59-56-53-50-47-45-43-41-39-36-33-31-29-27-25-23-20-17-14-11-8-5-2/h7,10,16,19,23-26,29-32,68H,4-6,8-9,11-15,17-18,20-22,27-28,33-67H2,1-3H3/b10-7-,19-16-,25-23-,26-24-,31-29-,32-30-. The Morgan fingerprint density at radius 3 is 0.792 bits per heavy atom. The molecule has 0 spiro atoms. The van der Waals surface area contributed by atoms with Crippen LogP contribution in [0.4, 0.5) is 0 Å². The first-order chi connectivity index (χ1) is 38.0. The van der Waals surface area contributed by atoms with Crippen molar-refractivity contribution >= 4 is 17.9 Å². The van der Waals surface area contributed by atoms with Crippen LogP contribution in [0.2, 0.25) is 0 Å². The Hall–Kier alpha value is -3.15. The number of esters is 3. The van der Waals surface area contributed by atoms with E-state index in [1.807, 2.05) is 0 Å². The van der Waals surface area contributed by atoms with E-state index in [9.17, 15) is 14.4 Å². The molecule has 0 aliphatic heterocycles. The van der Waals surface area contributed by atoms with Gasteiger partial charge in [0.15, 0.2) is 6.10 Å². The highest BCUT2D eigenvalue weighted by molar-refractivity contribution is 5.71. The van der Waals surface area contributed by atoms with Crippen LogP contribution in [-0.2, 0) is 28.6 Å². The lowest BCUT2D eigenvalue weighted by atomic mass is 10.0. The van der Waals surface area contributed by atoms with Gasteiger partial charge in [-0.15, -0.1) is 0 Å². The molecule has 0 aromatic heterocycles. The van der Waals surface area contributed by atoms with Gasteiger partial charge in [0, 0.05) is 19.3 Å². The molecule has 0 bridgehead atoms. The normalized spacial score (nSPS) is 12.5. The lowest BCUT2D eigenvalue weighted by Crippen LogP contribution is -2.30. The predicted molar refractivity (Wildman–Crippen MR) is 335 cm³/mol. The molecule has 6 heteroatoms. The summed E-state index contributed by atoms with van der Waals surface area (Å²) in [4.78, 5) is 38.3. The van der Waals surface area contributed by atoms with E-state index in [1.165, 1.54) is 212 Å². The average molecular weight is 1080 g/mol. The molecule has 0 fully saturated rings. The van der Waals surface area contributed by atoms with Gasteiger partial charge in [-0.05, 0) is 89.9 Å². The highest BCUT2D eigenvalue weighted by atomic mass is 16.6. The molecule has 0 aliphatic rings. The van der Waals surface area contributed by atoms with Gasteiger partial charge in [-0.1, -0.05) is 306 Å². The van der Waals surface area contributed by atoms with Crippen LogP contribution in [0.3, 0.4) is 0 Å². The number of rotatable bonds is 61. The lowest BCUT2D eigenvalue weighted by Gasteiger charge is -2.18. The lowest BCUT2D eigenvalue weighted by molar-refractivity contribution is -0.167. The van der Waals surface area contributed by atoms with Gasteiger partial charge in [-0.3, -0.25) is 14.4 Å². The number of allylic oxidation sites excluding steroid dienone is 12. The molecule has 77 heavy (non-hydrogen) atoms. The summed E-state index contributed by atoms with van der Waals surface area (Å²) in [5, 5.41) is 0. The van der Waals surface area contributed by atoms with Gasteiger partial charge < -0.3 is 14.2 Å². The Kier molecular flexibility index (Phi) is 62.7. The Morgan fingerprint density at radius 1 is 0.273 bits per heavy atom. The number of carbonyl (C=O) groups excluding carboxylic acids is 3. The molecule has 0 saturated carbocycles. The summed E-state index contributed by atoms with van der Waals surface area (Å²) < 4.78 is 16.9. The van der Waals surface area contributed by atoms with E-state index in [1.54, 1.807) is 0 Å². The molecule has 1 unspecified atom stereocenters. The van der Waals surface area contributed by atoms with Gasteiger partial charge in [0.2, 0.25) is 0 Å². The van der Waals surface area contributed by atoms with E-state index in [2.05, 4.69) is 93.7 Å². The summed E-state index contributed by atoms with van der Waals surface area (Å²) in [7, 11) is 0. The van der Waals surface area contributed by atoms with Crippen molar-refractivity contribution in [2.24, 2.45) is 0 Å². The molecule has 0 N–H and O–H groups in total. The Bertz CT molecular complexity index is 1420. The number of unbranched alkanes of at least 4 members (excludes halogenated alkanes) is 38. The molecule has 0 amide bonds. The molecule has 446 valence electrons. The second kappa shape index (κ2) is 65.4. The van der Waals surface area contributed by atoms with Crippen LogP contribution in [0.5, 0.6) is 0 Å². The maximum Gasteiger partial charge on any atom is 0.306 e. The van der Waals surface area contributed by atoms with Crippen LogP contribution in [0.1, 0.15) is 342 Å². The van der Waals surface area contributed by atoms with E-state index in [0.29, 0.717) is 19.3 Å². The summed E-state index contributed by atoms with van der Waals surface area (Å²) in [6.07, 6.45) is 84.9. The van der Waals surface area contributed by atoms with Crippen molar-refractivity contribution in [2.45, 2.75) is 348 Å². The molecular formula is C71H126O6. The zero-order valence-electron chi connectivity index (χ0n) is 51.2. The van der Waals surface area contributed by atoms with Crippen LogP contribution >= 0.6 is 0 Å². The molecule has 0 saturated heterocycles. The third-order valence-corrected chi connectivity index (χ3v) is 14.7. The van der Waals surface area contributed by atoms with Gasteiger partial charge in [0.25, 0.3) is 0 Å². The Balaban J connectivity index is 4.24. The minimum absolute atomic E-state index is 0.0726. The zero-order chi connectivity index (χ0) is 55.7. The number of carbonyl (C=O) groups is 3. The van der Waals surface area contributed by atoms with Gasteiger partial charge in [0.05, 0.1) is 0 Å². The van der Waals surface area contributed by atoms with E-state index >= 15 is 0 Å². The summed E-state index contributed by atoms with van der Waals surface area (Å²) in [6, 6.07) is 0. The van der Waals surface area contributed by atoms with E-state index in [4.69, 9.17) is 14.2 Å². The van der Waals surface area contributed by atoms with Crippen LogP contribution in [0.25, 0.3) is 0 Å². The summed E-state index contributed by atoms with van der Waals surface area (Å²) >= 11 is 0. The Labute approximate surface area is 478 Å². The fraction of sp³-hybridized carbons (Fsp3) is 0.789. The summed E-state index contributed by atoms with van der Waals surface area (Å²) in [6.45, 7) is 6.55. The fourth-order valence-electron chi connectivity index (χ4n) is 9.70. The smallest absolute Gasteiger partial charge is 0.306 e. The molecule has 0 heterocycles. The minimum atomic E-state index is -0.776. The van der Waals surface area contributed by atoms with Crippen LogP contribution in [0, 0.1) is 0 Å². The zero-order valence-corrected chi connectivity index (χ0v) is 51.2. The van der Waals surface area contributed by atoms with Crippen molar-refractivity contribution in [3.05, 3.63) is 72.9 Å². The summed E-state index contributed by atoms with van der Waals surface area (Å²) in [5.74, 6) is -0.860. The van der Waals surface area contributed by atoms with Crippen LogP contribution in [-0.4, -0.2) is 37.2 Å². The molecule has 1 atom stereocenters. The number of ether oxygens (including phenoxy) is 3. The first-order valence-corrected chi connectivity index (χ1v) is 33.4. The molecule has 0 aromatic rings. The molecular weight excluding hydrogens is 949 g/mol. The highest BCUT2D eigenvalue weighted by Crippen LogP contribution is 2.17. The van der Waals surface area contributed by atoms with Crippen molar-refractivity contribution in [2.75, 3.05) is 13.2 Å². The maximum atomic E-state index is 12.9. The molecule has 0 radical (unpaired) electrons. The minimum Gasteiger partial charge on any atom is -0.462 e. The third-order valence-electron chi connectivity index (χ3n) is 14.7.